The summed E-state index contributed by atoms with van der Waals surface area (Å²) in [6, 6.07) is 0. The van der Waals surface area contributed by atoms with Gasteiger partial charge in [0.15, 0.2) is 0 Å². The molecule has 1 aliphatic heterocycles. The average molecular weight is 284 g/mol. The van der Waals surface area contributed by atoms with Crippen LogP contribution in [-0.4, -0.2) is 48.9 Å². The molecule has 1 saturated heterocycles. The van der Waals surface area contributed by atoms with Crippen molar-refractivity contribution in [2.45, 2.75) is 26.2 Å². The molecule has 0 bridgehead atoms. The molecule has 5 nitrogen and oxygen atoms in total. The Balaban J connectivity index is 2.02. The van der Waals surface area contributed by atoms with E-state index in [1.165, 1.54) is 5.70 Å². The van der Waals surface area contributed by atoms with Gasteiger partial charge in [-0.05, 0) is 26.2 Å². The van der Waals surface area contributed by atoms with Crippen molar-refractivity contribution in [3.63, 3.8) is 0 Å². The van der Waals surface area contributed by atoms with Crippen LogP contribution in [0.1, 0.15) is 26.2 Å². The highest BCUT2D eigenvalue weighted by atomic mass is 32.1. The number of nitrogens with one attached hydrogen (secondary N) is 1. The summed E-state index contributed by atoms with van der Waals surface area (Å²) in [7, 11) is 0. The first-order valence-corrected chi connectivity index (χ1v) is 7.16. The number of hydrogen-bond acceptors (Lipinski definition) is 5. The highest BCUT2D eigenvalue weighted by Crippen LogP contribution is 2.29. The lowest BCUT2D eigenvalue weighted by atomic mass is 10.2. The minimum atomic E-state index is -0.465. The Kier molecular flexibility index (Phi) is 5.15. The molecule has 0 unspecified atom stereocenters. The van der Waals surface area contributed by atoms with E-state index in [1.54, 1.807) is 6.92 Å². The summed E-state index contributed by atoms with van der Waals surface area (Å²) >= 11 is 5.32. The zero-order chi connectivity index (χ0) is 13.7. The molecule has 1 aliphatic carbocycles. The van der Waals surface area contributed by atoms with Gasteiger partial charge in [0.1, 0.15) is 4.99 Å². The van der Waals surface area contributed by atoms with Gasteiger partial charge in [0.25, 0.3) is 0 Å². The summed E-state index contributed by atoms with van der Waals surface area (Å²) < 4.78 is 10.2. The number of allylic oxidation sites excluding steroid dienone is 1. The Bertz CT molecular complexity index is 389. The third-order valence-electron chi connectivity index (χ3n) is 3.35. The molecule has 0 radical (unpaired) electrons. The fourth-order valence-corrected chi connectivity index (χ4v) is 2.79. The second-order valence-electron chi connectivity index (χ2n) is 4.55. The maximum Gasteiger partial charge on any atom is 0.412 e. The molecule has 2 aliphatic rings. The quantitative estimate of drug-likeness (QED) is 0.801. The van der Waals surface area contributed by atoms with Crippen molar-refractivity contribution in [2.24, 2.45) is 0 Å². The van der Waals surface area contributed by atoms with Crippen molar-refractivity contribution >= 4 is 23.3 Å². The summed E-state index contributed by atoms with van der Waals surface area (Å²) in [6.45, 7) is 5.45. The van der Waals surface area contributed by atoms with Crippen molar-refractivity contribution in [2.75, 3.05) is 32.9 Å². The predicted molar refractivity (Wildman–Crippen MR) is 76.0 cm³/mol. The van der Waals surface area contributed by atoms with E-state index in [-0.39, 0.29) is 0 Å². The minimum absolute atomic E-state index is 0.351. The largest absolute Gasteiger partial charge is 0.450 e. The zero-order valence-corrected chi connectivity index (χ0v) is 12.1. The van der Waals surface area contributed by atoms with Gasteiger partial charge in [-0.1, -0.05) is 12.2 Å². The van der Waals surface area contributed by atoms with E-state index in [0.29, 0.717) is 11.6 Å². The summed E-state index contributed by atoms with van der Waals surface area (Å²) in [6.07, 6.45) is 2.58. The first kappa shape index (κ1) is 14.3. The fraction of sp³-hybridized carbons (Fsp3) is 0.692. The molecule has 1 amide bonds. The number of nitrogens with zero attached hydrogens (tertiary/aromatic N) is 1. The number of ether oxygens (including phenoxy) is 2. The van der Waals surface area contributed by atoms with E-state index in [9.17, 15) is 4.79 Å². The molecular weight excluding hydrogens is 264 g/mol. The second kappa shape index (κ2) is 6.86. The lowest BCUT2D eigenvalue weighted by Crippen LogP contribution is -2.37. The lowest BCUT2D eigenvalue weighted by molar-refractivity contribution is 0.0524. The number of amides is 1. The number of carbonyl (C=O) groups excluding carboxylic acids is 1. The van der Waals surface area contributed by atoms with Gasteiger partial charge >= 0.3 is 6.09 Å². The van der Waals surface area contributed by atoms with Crippen molar-refractivity contribution in [3.05, 3.63) is 11.3 Å². The monoisotopic (exact) mass is 284 g/mol. The Hall–Kier alpha value is -1.14. The molecule has 6 heteroatoms. The maximum atomic E-state index is 11.4. The molecule has 0 atom stereocenters. The van der Waals surface area contributed by atoms with Crippen molar-refractivity contribution in [1.82, 2.24) is 10.2 Å². The SMILES string of the molecule is CCOC(=O)NC(=S)C1=C(N2CCOCC2)CCC1. The topological polar surface area (TPSA) is 50.8 Å². The van der Waals surface area contributed by atoms with Gasteiger partial charge < -0.3 is 14.4 Å². The molecule has 0 aromatic rings. The standard InChI is InChI=1S/C13H20N2O3S/c1-2-18-13(16)14-12(19)10-4-3-5-11(10)15-6-8-17-9-7-15/h2-9H2,1H3,(H,14,16,19). The Morgan fingerprint density at radius 2 is 2.16 bits per heavy atom. The molecule has 0 aromatic carbocycles. The molecule has 0 saturated carbocycles. The summed E-state index contributed by atoms with van der Waals surface area (Å²) in [4.78, 5) is 14.3. The molecule has 1 fully saturated rings. The predicted octanol–water partition coefficient (Wildman–Crippen LogP) is 1.83. The van der Waals surface area contributed by atoms with E-state index in [0.717, 1.165) is 51.1 Å². The normalized spacial score (nSPS) is 19.5. The molecule has 19 heavy (non-hydrogen) atoms. The average Bonchev–Trinajstić information content (AvgIpc) is 2.89. The van der Waals surface area contributed by atoms with E-state index < -0.39 is 6.09 Å². The molecular formula is C13H20N2O3S. The third-order valence-corrected chi connectivity index (χ3v) is 3.70. The number of hydrogen-bond donors (Lipinski definition) is 1. The van der Waals surface area contributed by atoms with E-state index in [2.05, 4.69) is 10.2 Å². The molecule has 2 rings (SSSR count). The number of carbonyl (C=O) groups is 1. The van der Waals surface area contributed by atoms with Crippen molar-refractivity contribution in [3.8, 4) is 0 Å². The van der Waals surface area contributed by atoms with Crippen LogP contribution in [-0.2, 0) is 9.47 Å². The van der Waals surface area contributed by atoms with Gasteiger partial charge in [0, 0.05) is 24.4 Å². The third kappa shape index (κ3) is 3.67. The van der Waals surface area contributed by atoms with E-state index >= 15 is 0 Å². The number of thiocarbonyl (C=S) groups is 1. The van der Waals surface area contributed by atoms with Gasteiger partial charge in [-0.25, -0.2) is 4.79 Å². The van der Waals surface area contributed by atoms with Crippen LogP contribution in [0, 0.1) is 0 Å². The summed E-state index contributed by atoms with van der Waals surface area (Å²) in [5.41, 5.74) is 2.36. The maximum absolute atomic E-state index is 11.4. The van der Waals surface area contributed by atoms with Crippen LogP contribution >= 0.6 is 12.2 Å². The Morgan fingerprint density at radius 3 is 2.84 bits per heavy atom. The Morgan fingerprint density at radius 1 is 1.42 bits per heavy atom. The highest BCUT2D eigenvalue weighted by Gasteiger charge is 2.25. The van der Waals surface area contributed by atoms with Gasteiger partial charge in [-0.15, -0.1) is 0 Å². The van der Waals surface area contributed by atoms with Crippen LogP contribution in [0.4, 0.5) is 4.79 Å². The zero-order valence-electron chi connectivity index (χ0n) is 11.2. The van der Waals surface area contributed by atoms with Crippen LogP contribution in [0.3, 0.4) is 0 Å². The van der Waals surface area contributed by atoms with Gasteiger partial charge in [0.05, 0.1) is 19.8 Å². The molecule has 0 spiro atoms. The molecule has 1 N–H and O–H groups in total. The van der Waals surface area contributed by atoms with Gasteiger partial charge in [-0.3, -0.25) is 5.32 Å². The number of morpholine rings is 1. The summed E-state index contributed by atoms with van der Waals surface area (Å²) in [5, 5.41) is 2.65. The first-order valence-electron chi connectivity index (χ1n) is 6.75. The van der Waals surface area contributed by atoms with Gasteiger partial charge in [-0.2, -0.15) is 0 Å². The van der Waals surface area contributed by atoms with Crippen LogP contribution in [0.2, 0.25) is 0 Å². The minimum Gasteiger partial charge on any atom is -0.450 e. The fourth-order valence-electron chi connectivity index (χ4n) is 2.49. The summed E-state index contributed by atoms with van der Waals surface area (Å²) in [5.74, 6) is 0. The first-order chi connectivity index (χ1) is 9.22. The van der Waals surface area contributed by atoms with Gasteiger partial charge in [0.2, 0.25) is 0 Å². The molecule has 0 aromatic heterocycles. The Labute approximate surface area is 118 Å². The van der Waals surface area contributed by atoms with E-state index in [4.69, 9.17) is 21.7 Å². The number of rotatable bonds is 3. The van der Waals surface area contributed by atoms with Crippen LogP contribution in [0.15, 0.2) is 11.3 Å². The second-order valence-corrected chi connectivity index (χ2v) is 4.96. The molecule has 106 valence electrons. The lowest BCUT2D eigenvalue weighted by Gasteiger charge is -2.31. The van der Waals surface area contributed by atoms with Crippen LogP contribution in [0.5, 0.6) is 0 Å². The smallest absolute Gasteiger partial charge is 0.412 e. The van der Waals surface area contributed by atoms with Crippen LogP contribution < -0.4 is 5.32 Å². The van der Waals surface area contributed by atoms with Crippen molar-refractivity contribution in [1.29, 1.82) is 0 Å². The van der Waals surface area contributed by atoms with Crippen molar-refractivity contribution < 1.29 is 14.3 Å². The number of alkyl carbamates (subject to hydrolysis) is 1. The highest BCUT2D eigenvalue weighted by molar-refractivity contribution is 7.80. The van der Waals surface area contributed by atoms with E-state index in [1.807, 2.05) is 0 Å². The van der Waals surface area contributed by atoms with Crippen LogP contribution in [0.25, 0.3) is 0 Å². The molecule has 1 heterocycles.